The Hall–Kier alpha value is -2.08. The van der Waals surface area contributed by atoms with Crippen LogP contribution in [0.2, 0.25) is 0 Å². The summed E-state index contributed by atoms with van der Waals surface area (Å²) in [6.45, 7) is 11.1. The van der Waals surface area contributed by atoms with Crippen LogP contribution in [0.5, 0.6) is 0 Å². The fourth-order valence-corrected chi connectivity index (χ4v) is 5.31. The molecule has 0 saturated carbocycles. The van der Waals surface area contributed by atoms with Crippen molar-refractivity contribution in [2.75, 3.05) is 46.8 Å². The fourth-order valence-electron chi connectivity index (χ4n) is 5.31. The van der Waals surface area contributed by atoms with Crippen molar-refractivity contribution in [2.45, 2.75) is 52.5 Å². The van der Waals surface area contributed by atoms with Crippen LogP contribution < -0.4 is 5.32 Å². The van der Waals surface area contributed by atoms with Gasteiger partial charge in [-0.1, -0.05) is 31.5 Å². The molecule has 0 bridgehead atoms. The van der Waals surface area contributed by atoms with Gasteiger partial charge in [-0.3, -0.25) is 4.79 Å². The van der Waals surface area contributed by atoms with Crippen molar-refractivity contribution in [1.29, 1.82) is 0 Å². The van der Waals surface area contributed by atoms with Crippen LogP contribution in [0.1, 0.15) is 55.5 Å². The van der Waals surface area contributed by atoms with E-state index in [1.165, 1.54) is 0 Å². The van der Waals surface area contributed by atoms with Crippen molar-refractivity contribution in [2.24, 2.45) is 11.3 Å². The van der Waals surface area contributed by atoms with E-state index in [4.69, 9.17) is 0 Å². The molecule has 0 radical (unpaired) electrons. The second-order valence-electron chi connectivity index (χ2n) is 10.1. The third-order valence-electron chi connectivity index (χ3n) is 7.04. The smallest absolute Gasteiger partial charge is 0.316 e. The Morgan fingerprint density at radius 2 is 1.74 bits per heavy atom. The standard InChI is InChI=1S/C25H40N4O2/c1-19(2)18-28-15-12-25(13-16-28)11-6-14-29(22(25)17-26-24(31)27(4)5)23(30)21-9-7-20(3)8-10-21/h7-10,19,22H,6,11-18H2,1-5H3,(H,26,31)/t22-/m1/s1. The van der Waals surface area contributed by atoms with Crippen molar-refractivity contribution in [3.8, 4) is 0 Å². The minimum atomic E-state index is -0.0966. The zero-order valence-corrected chi connectivity index (χ0v) is 20.0. The number of nitrogens with one attached hydrogen (secondary N) is 1. The maximum absolute atomic E-state index is 13.5. The van der Waals surface area contributed by atoms with Gasteiger partial charge >= 0.3 is 6.03 Å². The van der Waals surface area contributed by atoms with Gasteiger partial charge in [-0.15, -0.1) is 0 Å². The Balaban J connectivity index is 1.82. The van der Waals surface area contributed by atoms with Crippen molar-refractivity contribution >= 4 is 11.9 Å². The number of likely N-dealkylation sites (tertiary alicyclic amines) is 2. The maximum atomic E-state index is 13.5. The molecule has 0 aliphatic carbocycles. The zero-order chi connectivity index (χ0) is 22.6. The first-order chi connectivity index (χ1) is 14.7. The minimum Gasteiger partial charge on any atom is -0.336 e. The minimum absolute atomic E-state index is 0.0279. The molecule has 1 aromatic rings. The van der Waals surface area contributed by atoms with Crippen LogP contribution in [0.15, 0.2) is 24.3 Å². The number of piperidine rings is 2. The normalized spacial score (nSPS) is 21.4. The van der Waals surface area contributed by atoms with Crippen LogP contribution in [0, 0.1) is 18.3 Å². The van der Waals surface area contributed by atoms with Gasteiger partial charge in [0.2, 0.25) is 0 Å². The summed E-state index contributed by atoms with van der Waals surface area (Å²) in [7, 11) is 3.51. The SMILES string of the molecule is Cc1ccc(C(=O)N2CCCC3(CCN(CC(C)C)CC3)[C@H]2CNC(=O)N(C)C)cc1. The molecule has 6 nitrogen and oxygen atoms in total. The Kier molecular flexibility index (Phi) is 7.63. The lowest BCUT2D eigenvalue weighted by Gasteiger charge is -2.53. The molecule has 2 fully saturated rings. The van der Waals surface area contributed by atoms with Gasteiger partial charge in [-0.05, 0) is 69.2 Å². The Labute approximate surface area is 188 Å². The first kappa shape index (κ1) is 23.6. The van der Waals surface area contributed by atoms with E-state index in [0.717, 1.165) is 63.0 Å². The molecular weight excluding hydrogens is 388 g/mol. The molecule has 2 saturated heterocycles. The molecule has 31 heavy (non-hydrogen) atoms. The van der Waals surface area contributed by atoms with Crippen LogP contribution >= 0.6 is 0 Å². The number of benzene rings is 1. The number of nitrogens with zero attached hydrogens (tertiary/aromatic N) is 3. The summed E-state index contributed by atoms with van der Waals surface area (Å²) in [4.78, 5) is 32.0. The molecule has 2 aliphatic rings. The highest BCUT2D eigenvalue weighted by Gasteiger charge is 2.47. The molecule has 2 heterocycles. The van der Waals surface area contributed by atoms with Crippen LogP contribution in [0.3, 0.4) is 0 Å². The second kappa shape index (κ2) is 10.0. The van der Waals surface area contributed by atoms with Gasteiger partial charge in [0.1, 0.15) is 0 Å². The lowest BCUT2D eigenvalue weighted by molar-refractivity contribution is -0.0234. The largest absolute Gasteiger partial charge is 0.336 e. The number of hydrogen-bond donors (Lipinski definition) is 1. The lowest BCUT2D eigenvalue weighted by Crippen LogP contribution is -2.62. The molecule has 0 unspecified atom stereocenters. The number of carbonyl (C=O) groups excluding carboxylic acids is 2. The molecule has 1 aromatic carbocycles. The van der Waals surface area contributed by atoms with E-state index in [1.807, 2.05) is 31.2 Å². The quantitative estimate of drug-likeness (QED) is 0.779. The van der Waals surface area contributed by atoms with E-state index in [2.05, 4.69) is 29.0 Å². The maximum Gasteiger partial charge on any atom is 0.316 e. The number of aryl methyl sites for hydroxylation is 1. The van der Waals surface area contributed by atoms with E-state index in [-0.39, 0.29) is 23.4 Å². The average Bonchev–Trinajstić information content (AvgIpc) is 2.74. The molecule has 2 aliphatic heterocycles. The van der Waals surface area contributed by atoms with Crippen molar-refractivity contribution in [3.63, 3.8) is 0 Å². The monoisotopic (exact) mass is 428 g/mol. The highest BCUT2D eigenvalue weighted by molar-refractivity contribution is 5.94. The first-order valence-corrected chi connectivity index (χ1v) is 11.8. The van der Waals surface area contributed by atoms with Gasteiger partial charge in [0.25, 0.3) is 5.91 Å². The lowest BCUT2D eigenvalue weighted by atomic mass is 9.66. The van der Waals surface area contributed by atoms with E-state index >= 15 is 0 Å². The Bertz CT molecular complexity index is 751. The van der Waals surface area contributed by atoms with Gasteiger partial charge in [-0.25, -0.2) is 4.79 Å². The van der Waals surface area contributed by atoms with Crippen LogP contribution in [0.4, 0.5) is 4.79 Å². The molecule has 3 amide bonds. The van der Waals surface area contributed by atoms with E-state index in [9.17, 15) is 9.59 Å². The summed E-state index contributed by atoms with van der Waals surface area (Å²) < 4.78 is 0. The molecule has 1 spiro atoms. The summed E-state index contributed by atoms with van der Waals surface area (Å²) in [6.07, 6.45) is 4.32. The van der Waals surface area contributed by atoms with Crippen LogP contribution in [-0.4, -0.2) is 79.5 Å². The van der Waals surface area contributed by atoms with Gasteiger partial charge in [-0.2, -0.15) is 0 Å². The number of urea groups is 1. The average molecular weight is 429 g/mol. The summed E-state index contributed by atoms with van der Waals surface area (Å²) in [5, 5.41) is 3.09. The predicted molar refractivity (Wildman–Crippen MR) is 125 cm³/mol. The van der Waals surface area contributed by atoms with E-state index in [1.54, 1.807) is 19.0 Å². The highest BCUT2D eigenvalue weighted by Crippen LogP contribution is 2.45. The van der Waals surface area contributed by atoms with Crippen molar-refractivity contribution in [1.82, 2.24) is 20.0 Å². The Morgan fingerprint density at radius 3 is 2.32 bits per heavy atom. The van der Waals surface area contributed by atoms with Gasteiger partial charge in [0.15, 0.2) is 0 Å². The zero-order valence-electron chi connectivity index (χ0n) is 20.0. The van der Waals surface area contributed by atoms with Crippen molar-refractivity contribution < 1.29 is 9.59 Å². The molecule has 0 aromatic heterocycles. The van der Waals surface area contributed by atoms with E-state index in [0.29, 0.717) is 12.5 Å². The molecule has 1 atom stereocenters. The summed E-state index contributed by atoms with van der Waals surface area (Å²) in [6, 6.07) is 7.79. The second-order valence-corrected chi connectivity index (χ2v) is 10.1. The van der Waals surface area contributed by atoms with Crippen LogP contribution in [-0.2, 0) is 0 Å². The van der Waals surface area contributed by atoms with Gasteiger partial charge < -0.3 is 20.0 Å². The number of hydrogen-bond acceptors (Lipinski definition) is 3. The highest BCUT2D eigenvalue weighted by atomic mass is 16.2. The molecular formula is C25H40N4O2. The van der Waals surface area contributed by atoms with Crippen molar-refractivity contribution in [3.05, 3.63) is 35.4 Å². The summed E-state index contributed by atoms with van der Waals surface area (Å²) >= 11 is 0. The molecule has 1 N–H and O–H groups in total. The number of amides is 3. The number of carbonyl (C=O) groups is 2. The number of rotatable bonds is 5. The molecule has 172 valence electrons. The van der Waals surface area contributed by atoms with Crippen LogP contribution in [0.25, 0.3) is 0 Å². The third kappa shape index (κ3) is 5.59. The molecule has 6 heteroatoms. The predicted octanol–water partition coefficient (Wildman–Crippen LogP) is 3.61. The van der Waals surface area contributed by atoms with Gasteiger partial charge in [0.05, 0.1) is 6.04 Å². The third-order valence-corrected chi connectivity index (χ3v) is 7.04. The topological polar surface area (TPSA) is 55.9 Å². The Morgan fingerprint density at radius 1 is 1.10 bits per heavy atom. The first-order valence-electron chi connectivity index (χ1n) is 11.8. The van der Waals surface area contributed by atoms with Gasteiger partial charge in [0, 0.05) is 39.3 Å². The molecule has 3 rings (SSSR count). The summed E-state index contributed by atoms with van der Waals surface area (Å²) in [5.41, 5.74) is 1.97. The fraction of sp³-hybridized carbons (Fsp3) is 0.680. The van der Waals surface area contributed by atoms with E-state index < -0.39 is 0 Å². The summed E-state index contributed by atoms with van der Waals surface area (Å²) in [5.74, 6) is 0.753.